The van der Waals surface area contributed by atoms with E-state index in [-0.39, 0.29) is 12.5 Å². The van der Waals surface area contributed by atoms with Gasteiger partial charge in [0.15, 0.2) is 0 Å². The van der Waals surface area contributed by atoms with Crippen molar-refractivity contribution in [3.63, 3.8) is 0 Å². The highest BCUT2D eigenvalue weighted by atomic mass is 16.5. The van der Waals surface area contributed by atoms with Gasteiger partial charge in [-0.2, -0.15) is 0 Å². The van der Waals surface area contributed by atoms with Crippen molar-refractivity contribution in [1.29, 1.82) is 0 Å². The second-order valence-electron chi connectivity index (χ2n) is 7.14. The summed E-state index contributed by atoms with van der Waals surface area (Å²) < 4.78 is 10.5. The van der Waals surface area contributed by atoms with E-state index in [2.05, 4.69) is 9.88 Å². The Balaban J connectivity index is 0.00000176. The Kier molecular flexibility index (Phi) is 9.72. The summed E-state index contributed by atoms with van der Waals surface area (Å²) in [7, 11) is 6.23. The number of ether oxygens (including phenoxy) is 2. The zero-order valence-electron chi connectivity index (χ0n) is 19.0. The molecule has 0 unspecified atom stereocenters. The lowest BCUT2D eigenvalue weighted by Gasteiger charge is -2.24. The normalized spacial score (nSPS) is 10.4. The molecule has 3 aromatic rings. The van der Waals surface area contributed by atoms with Crippen molar-refractivity contribution in [2.24, 2.45) is 0 Å². The average molecular weight is 442 g/mol. The molecule has 0 bridgehead atoms. The van der Waals surface area contributed by atoms with Gasteiger partial charge in [0.2, 0.25) is 0 Å². The number of aromatic nitrogens is 1. The van der Waals surface area contributed by atoms with Crippen LogP contribution in [0.15, 0.2) is 48.5 Å². The standard InChI is InChI=1S/C23H27N3O4.CH4O/c1-25(16-17-5-4-6-19(13-17)29-2)9-10-26(11-12-27)23(28)22-15-18-14-20(30-3)7-8-21(18)24-22;1-2/h4-8,12-15,24H,9-11,16H2,1-3H3;2H,1H3. The van der Waals surface area contributed by atoms with Gasteiger partial charge in [-0.1, -0.05) is 12.1 Å². The number of aromatic amines is 1. The molecular weight excluding hydrogens is 410 g/mol. The first-order valence-corrected chi connectivity index (χ1v) is 10.2. The van der Waals surface area contributed by atoms with E-state index in [9.17, 15) is 9.59 Å². The van der Waals surface area contributed by atoms with E-state index in [4.69, 9.17) is 14.6 Å². The summed E-state index contributed by atoms with van der Waals surface area (Å²) in [5, 5.41) is 7.89. The SMILES string of the molecule is CO.COc1cccc(CN(C)CCN(CC=O)C(=O)c2cc3cc(OC)ccc3[nH]2)c1. The smallest absolute Gasteiger partial charge is 0.270 e. The number of hydrogen-bond donors (Lipinski definition) is 2. The number of nitrogens with zero attached hydrogens (tertiary/aromatic N) is 2. The summed E-state index contributed by atoms with van der Waals surface area (Å²) in [6.07, 6.45) is 0.756. The largest absolute Gasteiger partial charge is 0.497 e. The van der Waals surface area contributed by atoms with Crippen LogP contribution >= 0.6 is 0 Å². The van der Waals surface area contributed by atoms with Crippen LogP contribution in [0.2, 0.25) is 0 Å². The number of benzene rings is 2. The highest BCUT2D eigenvalue weighted by Gasteiger charge is 2.18. The maximum atomic E-state index is 13.0. The lowest BCUT2D eigenvalue weighted by atomic mass is 10.2. The molecule has 1 heterocycles. The molecule has 8 nitrogen and oxygen atoms in total. The first-order chi connectivity index (χ1) is 15.5. The molecule has 0 saturated heterocycles. The number of carbonyl (C=O) groups excluding carboxylic acids is 2. The molecule has 0 aliphatic rings. The molecule has 3 rings (SSSR count). The molecule has 2 aromatic carbocycles. The number of hydrogen-bond acceptors (Lipinski definition) is 6. The van der Waals surface area contributed by atoms with Gasteiger partial charge in [-0.15, -0.1) is 0 Å². The Hall–Kier alpha value is -3.36. The van der Waals surface area contributed by atoms with Gasteiger partial charge in [-0.05, 0) is 49.0 Å². The number of carbonyl (C=O) groups is 2. The topological polar surface area (TPSA) is 95.1 Å². The highest BCUT2D eigenvalue weighted by molar-refractivity contribution is 5.98. The van der Waals surface area contributed by atoms with Crippen molar-refractivity contribution in [2.75, 3.05) is 48.0 Å². The third-order valence-corrected chi connectivity index (χ3v) is 4.98. The Morgan fingerprint density at radius 2 is 1.75 bits per heavy atom. The predicted molar refractivity (Wildman–Crippen MR) is 124 cm³/mol. The number of nitrogens with one attached hydrogen (secondary N) is 1. The Morgan fingerprint density at radius 1 is 1.03 bits per heavy atom. The van der Waals surface area contributed by atoms with Crippen molar-refractivity contribution in [3.8, 4) is 11.5 Å². The molecule has 8 heteroatoms. The fourth-order valence-electron chi connectivity index (χ4n) is 3.34. The number of aldehydes is 1. The summed E-state index contributed by atoms with van der Waals surface area (Å²) in [5.74, 6) is 1.34. The number of H-pyrrole nitrogens is 1. The van der Waals surface area contributed by atoms with Crippen molar-refractivity contribution in [1.82, 2.24) is 14.8 Å². The first-order valence-electron chi connectivity index (χ1n) is 10.2. The van der Waals surface area contributed by atoms with Crippen molar-refractivity contribution in [2.45, 2.75) is 6.54 Å². The predicted octanol–water partition coefficient (Wildman–Crippen LogP) is 2.57. The molecule has 0 aliphatic carbocycles. The summed E-state index contributed by atoms with van der Waals surface area (Å²) in [5.41, 5.74) is 2.42. The number of aliphatic hydroxyl groups excluding tert-OH is 1. The Morgan fingerprint density at radius 3 is 2.44 bits per heavy atom. The van der Waals surface area contributed by atoms with Gasteiger partial charge in [-0.25, -0.2) is 0 Å². The average Bonchev–Trinajstić information content (AvgIpc) is 3.26. The molecule has 0 radical (unpaired) electrons. The monoisotopic (exact) mass is 441 g/mol. The third-order valence-electron chi connectivity index (χ3n) is 4.98. The van der Waals surface area contributed by atoms with Crippen molar-refractivity contribution >= 4 is 23.1 Å². The molecule has 1 aromatic heterocycles. The maximum absolute atomic E-state index is 13.0. The van der Waals surface area contributed by atoms with E-state index in [0.717, 1.165) is 41.4 Å². The maximum Gasteiger partial charge on any atom is 0.270 e. The molecule has 0 aliphatic heterocycles. The summed E-state index contributed by atoms with van der Waals surface area (Å²) >= 11 is 0. The van der Waals surface area contributed by atoms with Crippen LogP contribution in [0, 0.1) is 0 Å². The number of amides is 1. The highest BCUT2D eigenvalue weighted by Crippen LogP contribution is 2.22. The van der Waals surface area contributed by atoms with Crippen LogP contribution in [0.5, 0.6) is 11.5 Å². The zero-order valence-corrected chi connectivity index (χ0v) is 19.0. The summed E-state index contributed by atoms with van der Waals surface area (Å²) in [6.45, 7) is 1.83. The quantitative estimate of drug-likeness (QED) is 0.470. The van der Waals surface area contributed by atoms with E-state index in [0.29, 0.717) is 25.3 Å². The molecule has 2 N–H and O–H groups in total. The van der Waals surface area contributed by atoms with Crippen LogP contribution in [0.3, 0.4) is 0 Å². The minimum atomic E-state index is -0.202. The molecule has 0 fully saturated rings. The number of fused-ring (bicyclic) bond motifs is 1. The summed E-state index contributed by atoms with van der Waals surface area (Å²) in [4.78, 5) is 30.9. The van der Waals surface area contributed by atoms with E-state index < -0.39 is 0 Å². The van der Waals surface area contributed by atoms with Gasteiger partial charge in [-0.3, -0.25) is 4.79 Å². The number of rotatable bonds is 10. The first kappa shape index (κ1) is 24.9. The third kappa shape index (κ3) is 6.57. The van der Waals surface area contributed by atoms with Crippen LogP contribution < -0.4 is 9.47 Å². The number of aliphatic hydroxyl groups is 1. The lowest BCUT2D eigenvalue weighted by Crippen LogP contribution is -2.38. The van der Waals surface area contributed by atoms with Crippen LogP contribution in [0.4, 0.5) is 0 Å². The number of methoxy groups -OCH3 is 2. The van der Waals surface area contributed by atoms with E-state index in [1.807, 2.05) is 49.5 Å². The minimum Gasteiger partial charge on any atom is -0.497 e. The van der Waals surface area contributed by atoms with Crippen LogP contribution in [-0.2, 0) is 11.3 Å². The van der Waals surface area contributed by atoms with Crippen LogP contribution in [0.1, 0.15) is 16.1 Å². The van der Waals surface area contributed by atoms with Gasteiger partial charge in [0, 0.05) is 37.6 Å². The van der Waals surface area contributed by atoms with Crippen molar-refractivity contribution in [3.05, 3.63) is 59.8 Å². The molecule has 0 saturated carbocycles. The zero-order chi connectivity index (χ0) is 23.5. The number of likely N-dealkylation sites (N-methyl/N-ethyl adjacent to an activating group) is 1. The Bertz CT molecular complexity index is 1020. The second-order valence-corrected chi connectivity index (χ2v) is 7.14. The molecule has 172 valence electrons. The van der Waals surface area contributed by atoms with Gasteiger partial charge in [0.25, 0.3) is 5.91 Å². The van der Waals surface area contributed by atoms with Crippen molar-refractivity contribution < 1.29 is 24.2 Å². The van der Waals surface area contributed by atoms with Gasteiger partial charge in [0.05, 0.1) is 20.8 Å². The summed E-state index contributed by atoms with van der Waals surface area (Å²) in [6, 6.07) is 15.3. The van der Waals surface area contributed by atoms with Gasteiger partial charge in [0.1, 0.15) is 23.5 Å². The second kappa shape index (κ2) is 12.5. The molecule has 0 atom stereocenters. The fourth-order valence-corrected chi connectivity index (χ4v) is 3.34. The molecule has 32 heavy (non-hydrogen) atoms. The van der Waals surface area contributed by atoms with E-state index in [1.165, 1.54) is 0 Å². The van der Waals surface area contributed by atoms with Crippen LogP contribution in [0.25, 0.3) is 10.9 Å². The van der Waals surface area contributed by atoms with Gasteiger partial charge >= 0.3 is 0 Å². The van der Waals surface area contributed by atoms with Gasteiger partial charge < -0.3 is 34.2 Å². The molecule has 1 amide bonds. The Labute approximate surface area is 188 Å². The molecular formula is C24H31N3O5. The minimum absolute atomic E-state index is 0.0462. The lowest BCUT2D eigenvalue weighted by molar-refractivity contribution is -0.108. The van der Waals surface area contributed by atoms with E-state index >= 15 is 0 Å². The van der Waals surface area contributed by atoms with Crippen LogP contribution in [-0.4, -0.2) is 80.1 Å². The van der Waals surface area contributed by atoms with E-state index in [1.54, 1.807) is 25.2 Å². The fraction of sp³-hybridized carbons (Fsp3) is 0.333. The molecule has 0 spiro atoms.